The van der Waals surface area contributed by atoms with Crippen LogP contribution >= 0.6 is 12.2 Å². The van der Waals surface area contributed by atoms with Crippen molar-refractivity contribution in [3.05, 3.63) is 107 Å². The topological polar surface area (TPSA) is 53.3 Å². The number of hydrogen-bond donors (Lipinski definition) is 2. The normalized spacial score (nSPS) is 17.8. The minimum absolute atomic E-state index is 0.187. The molecule has 2 aromatic carbocycles. The molecular formula is C27H25FN4OS. The van der Waals surface area contributed by atoms with E-state index in [0.29, 0.717) is 10.7 Å². The molecule has 7 heteroatoms. The van der Waals surface area contributed by atoms with Gasteiger partial charge in [0, 0.05) is 29.0 Å². The number of phenolic OH excluding ortho intramolecular Hbond substituents is 1. The van der Waals surface area contributed by atoms with Gasteiger partial charge in [0.2, 0.25) is 0 Å². The van der Waals surface area contributed by atoms with E-state index in [0.717, 1.165) is 34.0 Å². The minimum atomic E-state index is -0.245. The zero-order valence-electron chi connectivity index (χ0n) is 19.2. The van der Waals surface area contributed by atoms with Gasteiger partial charge in [-0.15, -0.1) is 0 Å². The average Bonchev–Trinajstić information content (AvgIpc) is 3.32. The number of rotatable bonds is 4. The molecule has 0 aliphatic carbocycles. The Morgan fingerprint density at radius 3 is 2.38 bits per heavy atom. The number of aromatic nitrogens is 2. The number of benzene rings is 2. The maximum absolute atomic E-state index is 14.1. The molecule has 1 aliphatic rings. The Balaban J connectivity index is 1.68. The van der Waals surface area contributed by atoms with Crippen molar-refractivity contribution in [3.8, 4) is 11.4 Å². The summed E-state index contributed by atoms with van der Waals surface area (Å²) >= 11 is 5.80. The molecule has 0 bridgehead atoms. The maximum atomic E-state index is 14.1. The Morgan fingerprint density at radius 1 is 0.971 bits per heavy atom. The number of nitrogens with zero attached hydrogens (tertiary/aromatic N) is 3. The fourth-order valence-corrected chi connectivity index (χ4v) is 5.16. The van der Waals surface area contributed by atoms with Gasteiger partial charge < -0.3 is 19.9 Å². The van der Waals surface area contributed by atoms with Crippen LogP contribution in [0.4, 0.5) is 10.1 Å². The maximum Gasteiger partial charge on any atom is 0.174 e. The van der Waals surface area contributed by atoms with E-state index in [1.807, 2.05) is 36.4 Å². The van der Waals surface area contributed by atoms with Crippen molar-refractivity contribution < 1.29 is 9.50 Å². The Morgan fingerprint density at radius 2 is 1.71 bits per heavy atom. The third-order valence-corrected chi connectivity index (χ3v) is 6.73. The Hall–Kier alpha value is -3.71. The summed E-state index contributed by atoms with van der Waals surface area (Å²) in [5.74, 6) is -0.0185. The monoisotopic (exact) mass is 472 g/mol. The number of hydrogen-bond acceptors (Lipinski definition) is 3. The second-order valence-electron chi connectivity index (χ2n) is 8.61. The van der Waals surface area contributed by atoms with Gasteiger partial charge in [0.15, 0.2) is 5.11 Å². The molecule has 5 nitrogen and oxygen atoms in total. The van der Waals surface area contributed by atoms with Crippen LogP contribution in [-0.2, 0) is 0 Å². The highest BCUT2D eigenvalue weighted by atomic mass is 32.1. The second kappa shape index (κ2) is 8.57. The van der Waals surface area contributed by atoms with Gasteiger partial charge in [-0.05, 0) is 105 Å². The molecule has 2 aromatic heterocycles. The lowest BCUT2D eigenvalue weighted by Gasteiger charge is -2.28. The molecule has 3 heterocycles. The number of aromatic hydroxyl groups is 1. The summed E-state index contributed by atoms with van der Waals surface area (Å²) in [6.45, 7) is 5.90. The lowest BCUT2D eigenvalue weighted by Crippen LogP contribution is -2.29. The molecular weight excluding hydrogens is 447 g/mol. The molecule has 5 rings (SSSR count). The van der Waals surface area contributed by atoms with Crippen molar-refractivity contribution in [2.24, 2.45) is 0 Å². The summed E-state index contributed by atoms with van der Waals surface area (Å²) in [6.07, 6.45) is 1.78. The fraction of sp³-hybridized carbons (Fsp3) is 0.185. The highest BCUT2D eigenvalue weighted by Crippen LogP contribution is 2.44. The largest absolute Gasteiger partial charge is 0.508 e. The molecule has 0 amide bonds. The number of nitrogens with one attached hydrogen (secondary N) is 1. The first-order valence-corrected chi connectivity index (χ1v) is 11.5. The van der Waals surface area contributed by atoms with Gasteiger partial charge in [-0.2, -0.15) is 0 Å². The molecule has 1 fully saturated rings. The molecule has 0 saturated carbocycles. The molecule has 34 heavy (non-hydrogen) atoms. The van der Waals surface area contributed by atoms with Crippen molar-refractivity contribution in [1.29, 1.82) is 0 Å². The van der Waals surface area contributed by atoms with Crippen LogP contribution < -0.4 is 10.2 Å². The van der Waals surface area contributed by atoms with Crippen molar-refractivity contribution >= 4 is 23.0 Å². The zero-order chi connectivity index (χ0) is 24.0. The minimum Gasteiger partial charge on any atom is -0.508 e. The smallest absolute Gasteiger partial charge is 0.174 e. The van der Waals surface area contributed by atoms with Crippen LogP contribution in [0.5, 0.6) is 5.75 Å². The molecule has 4 aromatic rings. The van der Waals surface area contributed by atoms with Gasteiger partial charge in [0.25, 0.3) is 0 Å². The van der Waals surface area contributed by atoms with Crippen molar-refractivity contribution in [2.45, 2.75) is 32.9 Å². The number of phenols is 1. The molecule has 2 N–H and O–H groups in total. The van der Waals surface area contributed by atoms with Gasteiger partial charge in [0.1, 0.15) is 11.6 Å². The molecule has 0 radical (unpaired) electrons. The predicted molar refractivity (Wildman–Crippen MR) is 136 cm³/mol. The molecule has 0 unspecified atom stereocenters. The van der Waals surface area contributed by atoms with Gasteiger partial charge in [-0.3, -0.25) is 4.98 Å². The summed E-state index contributed by atoms with van der Waals surface area (Å²) < 4.78 is 16.2. The van der Waals surface area contributed by atoms with E-state index in [1.165, 1.54) is 6.07 Å². The second-order valence-corrected chi connectivity index (χ2v) is 9.00. The first-order valence-electron chi connectivity index (χ1n) is 11.1. The van der Waals surface area contributed by atoms with Crippen LogP contribution in [0.1, 0.15) is 40.3 Å². The van der Waals surface area contributed by atoms with Crippen LogP contribution in [0.15, 0.2) is 72.9 Å². The Labute approximate surface area is 203 Å². The van der Waals surface area contributed by atoms with Crippen molar-refractivity contribution in [2.75, 3.05) is 4.90 Å². The first-order chi connectivity index (χ1) is 16.3. The number of thiocarbonyl (C=S) groups is 1. The van der Waals surface area contributed by atoms with Crippen LogP contribution in [0.2, 0.25) is 0 Å². The third-order valence-electron chi connectivity index (χ3n) is 6.41. The van der Waals surface area contributed by atoms with Crippen molar-refractivity contribution in [3.63, 3.8) is 0 Å². The Bertz CT molecular complexity index is 1370. The van der Waals surface area contributed by atoms with E-state index in [-0.39, 0.29) is 23.7 Å². The van der Waals surface area contributed by atoms with E-state index in [1.54, 1.807) is 31.3 Å². The third kappa shape index (κ3) is 3.72. The summed E-state index contributed by atoms with van der Waals surface area (Å²) in [4.78, 5) is 6.67. The van der Waals surface area contributed by atoms with Crippen LogP contribution in [0, 0.1) is 26.6 Å². The van der Waals surface area contributed by atoms with Gasteiger partial charge in [-0.25, -0.2) is 4.39 Å². The first kappa shape index (κ1) is 22.1. The SMILES string of the molecule is Cc1cc(N2C(=S)N[C@H](c3ccccn3)[C@@H]2c2cc(C)n(-c3ccc(O)cc3)c2C)ccc1F. The van der Waals surface area contributed by atoms with E-state index in [4.69, 9.17) is 12.2 Å². The lowest BCUT2D eigenvalue weighted by molar-refractivity contribution is 0.475. The van der Waals surface area contributed by atoms with E-state index >= 15 is 0 Å². The highest BCUT2D eigenvalue weighted by molar-refractivity contribution is 7.80. The summed E-state index contributed by atoms with van der Waals surface area (Å²) in [5, 5.41) is 13.8. The molecule has 2 atom stereocenters. The average molecular weight is 473 g/mol. The number of pyridine rings is 1. The van der Waals surface area contributed by atoms with E-state index in [9.17, 15) is 9.50 Å². The Kier molecular flexibility index (Phi) is 5.57. The lowest BCUT2D eigenvalue weighted by atomic mass is 9.96. The van der Waals surface area contributed by atoms with Gasteiger partial charge in [0.05, 0.1) is 17.8 Å². The van der Waals surface area contributed by atoms with Crippen LogP contribution in [0.3, 0.4) is 0 Å². The highest BCUT2D eigenvalue weighted by Gasteiger charge is 2.42. The summed E-state index contributed by atoms with van der Waals surface area (Å²) in [7, 11) is 0. The van der Waals surface area contributed by atoms with Gasteiger partial charge in [-0.1, -0.05) is 6.07 Å². The molecule has 1 saturated heterocycles. The van der Waals surface area contributed by atoms with E-state index in [2.05, 4.69) is 39.7 Å². The molecule has 1 aliphatic heterocycles. The van der Waals surface area contributed by atoms with Crippen LogP contribution in [0.25, 0.3) is 5.69 Å². The summed E-state index contributed by atoms with van der Waals surface area (Å²) in [6, 6.07) is 19.9. The van der Waals surface area contributed by atoms with Gasteiger partial charge >= 0.3 is 0 Å². The standard InChI is InChI=1S/C27H25FN4OS/c1-16-14-20(9-12-23(16)28)32-26(25(30-27(32)34)24-6-4-5-13-29-24)22-15-17(2)31(18(22)3)19-7-10-21(33)11-8-19/h4-15,25-26,33H,1-3H3,(H,30,34)/t25-,26+/m1/s1. The molecule has 0 spiro atoms. The predicted octanol–water partition coefficient (Wildman–Crippen LogP) is 5.82. The number of anilines is 1. The number of aryl methyl sites for hydroxylation is 2. The summed E-state index contributed by atoms with van der Waals surface area (Å²) in [5.41, 5.74) is 6.45. The quantitative estimate of drug-likeness (QED) is 0.367. The number of halogens is 1. The fourth-order valence-electron chi connectivity index (χ4n) is 4.81. The van der Waals surface area contributed by atoms with Crippen molar-refractivity contribution in [1.82, 2.24) is 14.9 Å². The van der Waals surface area contributed by atoms with Crippen LogP contribution in [-0.4, -0.2) is 19.8 Å². The molecule has 172 valence electrons. The van der Waals surface area contributed by atoms with E-state index < -0.39 is 0 Å². The zero-order valence-corrected chi connectivity index (χ0v) is 20.0.